The lowest BCUT2D eigenvalue weighted by atomic mass is 9.95. The van der Waals surface area contributed by atoms with E-state index in [1.54, 1.807) is 0 Å². The zero-order chi connectivity index (χ0) is 34.9. The molecule has 0 aliphatic rings. The first-order chi connectivity index (χ1) is 26.3. The van der Waals surface area contributed by atoms with E-state index in [1.165, 1.54) is 27.1 Å². The second-order valence-electron chi connectivity index (χ2n) is 13.7. The van der Waals surface area contributed by atoms with Gasteiger partial charge < -0.3 is 13.7 Å². The van der Waals surface area contributed by atoms with Gasteiger partial charge in [-0.2, -0.15) is 0 Å². The van der Waals surface area contributed by atoms with E-state index >= 15 is 0 Å². The summed E-state index contributed by atoms with van der Waals surface area (Å²) in [6.07, 6.45) is 0. The van der Waals surface area contributed by atoms with Crippen molar-refractivity contribution in [3.8, 4) is 22.3 Å². The summed E-state index contributed by atoms with van der Waals surface area (Å²) in [5.74, 6) is 0. The molecule has 2 heterocycles. The van der Waals surface area contributed by atoms with Crippen LogP contribution in [-0.4, -0.2) is 0 Å². The van der Waals surface area contributed by atoms with Crippen molar-refractivity contribution in [2.24, 2.45) is 0 Å². The van der Waals surface area contributed by atoms with Gasteiger partial charge in [0.2, 0.25) is 0 Å². The highest BCUT2D eigenvalue weighted by Gasteiger charge is 2.22. The fraction of sp³-hybridized carbons (Fsp3) is 0. The highest BCUT2D eigenvalue weighted by molar-refractivity contribution is 6.17. The first kappa shape index (κ1) is 29.6. The van der Waals surface area contributed by atoms with Crippen LogP contribution in [-0.2, 0) is 0 Å². The minimum atomic E-state index is 0.870. The summed E-state index contributed by atoms with van der Waals surface area (Å²) in [6, 6.07) is 66.9. The predicted molar refractivity (Wildman–Crippen MR) is 222 cm³/mol. The fourth-order valence-corrected chi connectivity index (χ4v) is 8.20. The monoisotopic (exact) mass is 677 g/mol. The van der Waals surface area contributed by atoms with Gasteiger partial charge in [0.05, 0.1) is 5.69 Å². The van der Waals surface area contributed by atoms with Gasteiger partial charge >= 0.3 is 0 Å². The number of hydrogen-bond donors (Lipinski definition) is 0. The normalized spacial score (nSPS) is 11.8. The molecule has 0 unspecified atom stereocenters. The van der Waals surface area contributed by atoms with Crippen LogP contribution >= 0.6 is 0 Å². The van der Waals surface area contributed by atoms with Crippen LogP contribution < -0.4 is 4.90 Å². The first-order valence-corrected chi connectivity index (χ1v) is 18.0. The second kappa shape index (κ2) is 11.7. The zero-order valence-corrected chi connectivity index (χ0v) is 28.7. The van der Waals surface area contributed by atoms with Crippen LogP contribution in [0.1, 0.15) is 0 Å². The van der Waals surface area contributed by atoms with Gasteiger partial charge in [-0.1, -0.05) is 127 Å². The number of furan rings is 2. The number of hydrogen-bond acceptors (Lipinski definition) is 3. The number of para-hydroxylation sites is 2. The average Bonchev–Trinajstić information content (AvgIpc) is 3.78. The molecule has 0 spiro atoms. The molecule has 248 valence electrons. The van der Waals surface area contributed by atoms with E-state index in [4.69, 9.17) is 8.83 Å². The fourth-order valence-electron chi connectivity index (χ4n) is 8.20. The van der Waals surface area contributed by atoms with E-state index in [0.29, 0.717) is 0 Å². The topological polar surface area (TPSA) is 29.5 Å². The Morgan fingerprint density at radius 2 is 0.943 bits per heavy atom. The Morgan fingerprint density at radius 3 is 1.87 bits per heavy atom. The van der Waals surface area contributed by atoms with E-state index in [9.17, 15) is 0 Å². The third-order valence-corrected chi connectivity index (χ3v) is 10.6. The molecule has 11 rings (SSSR count). The molecule has 0 aliphatic carbocycles. The standard InChI is InChI=1S/C50H31NO2/c1-2-14-34-30-49-44(29-33(34)13-1)50-42(22-11-25-48(50)53-49)40-19-5-7-23-45(40)51(37-26-27-47-43(31-37)41-20-6-8-24-46(41)52-47)36-17-9-16-35(28-36)39-21-10-15-32-12-3-4-18-38(32)39/h1-31H. The van der Waals surface area contributed by atoms with Gasteiger partial charge in [0, 0.05) is 38.5 Å². The largest absolute Gasteiger partial charge is 0.456 e. The number of benzene rings is 9. The quantitative estimate of drug-likeness (QED) is 0.182. The van der Waals surface area contributed by atoms with Crippen molar-refractivity contribution in [3.05, 3.63) is 188 Å². The van der Waals surface area contributed by atoms with E-state index in [1.807, 2.05) is 12.1 Å². The molecule has 3 nitrogen and oxygen atoms in total. The zero-order valence-electron chi connectivity index (χ0n) is 28.7. The molecular weight excluding hydrogens is 647 g/mol. The van der Waals surface area contributed by atoms with Gasteiger partial charge in [-0.15, -0.1) is 0 Å². The molecule has 0 radical (unpaired) electrons. The molecule has 53 heavy (non-hydrogen) atoms. The highest BCUT2D eigenvalue weighted by Crippen LogP contribution is 2.47. The van der Waals surface area contributed by atoms with E-state index < -0.39 is 0 Å². The molecule has 11 aromatic rings. The molecular formula is C50H31NO2. The average molecular weight is 678 g/mol. The maximum absolute atomic E-state index is 6.55. The maximum Gasteiger partial charge on any atom is 0.136 e. The van der Waals surface area contributed by atoms with Gasteiger partial charge in [-0.25, -0.2) is 0 Å². The van der Waals surface area contributed by atoms with Crippen molar-refractivity contribution in [2.75, 3.05) is 4.90 Å². The van der Waals surface area contributed by atoms with Crippen molar-refractivity contribution in [2.45, 2.75) is 0 Å². The summed E-state index contributed by atoms with van der Waals surface area (Å²) in [7, 11) is 0. The molecule has 0 atom stereocenters. The summed E-state index contributed by atoms with van der Waals surface area (Å²) in [6.45, 7) is 0. The van der Waals surface area contributed by atoms with Gasteiger partial charge in [0.25, 0.3) is 0 Å². The molecule has 0 bridgehead atoms. The molecule has 0 saturated heterocycles. The third-order valence-electron chi connectivity index (χ3n) is 10.6. The van der Waals surface area contributed by atoms with Crippen LogP contribution in [0.25, 0.3) is 87.7 Å². The van der Waals surface area contributed by atoms with Crippen molar-refractivity contribution in [3.63, 3.8) is 0 Å². The summed E-state index contributed by atoms with van der Waals surface area (Å²) < 4.78 is 12.8. The summed E-state index contributed by atoms with van der Waals surface area (Å²) in [4.78, 5) is 2.39. The van der Waals surface area contributed by atoms with E-state index in [-0.39, 0.29) is 0 Å². The molecule has 2 aromatic heterocycles. The Hall–Kier alpha value is -7.10. The van der Waals surface area contributed by atoms with Crippen LogP contribution in [0.15, 0.2) is 197 Å². The van der Waals surface area contributed by atoms with Crippen molar-refractivity contribution >= 4 is 82.5 Å². The molecule has 0 aliphatic heterocycles. The Kier molecular flexibility index (Phi) is 6.55. The van der Waals surface area contributed by atoms with Crippen molar-refractivity contribution < 1.29 is 8.83 Å². The summed E-state index contributed by atoms with van der Waals surface area (Å²) in [5, 5.41) is 9.23. The SMILES string of the molecule is c1cc(-c2cccc3ccccc23)cc(N(c2ccc3oc4ccccc4c3c2)c2ccccc2-c2cccc3oc4cc5ccccc5cc4c23)c1. The lowest BCUT2D eigenvalue weighted by molar-refractivity contribution is 0.668. The molecule has 0 saturated carbocycles. The van der Waals surface area contributed by atoms with E-state index in [0.717, 1.165) is 77.6 Å². The first-order valence-electron chi connectivity index (χ1n) is 18.0. The summed E-state index contributed by atoms with van der Waals surface area (Å²) in [5.41, 5.74) is 11.3. The van der Waals surface area contributed by atoms with Crippen LogP contribution in [0.4, 0.5) is 17.1 Å². The van der Waals surface area contributed by atoms with Gasteiger partial charge in [-0.3, -0.25) is 0 Å². The van der Waals surface area contributed by atoms with E-state index in [2.05, 4.69) is 181 Å². The Bertz CT molecular complexity index is 3200. The van der Waals surface area contributed by atoms with Crippen LogP contribution in [0.2, 0.25) is 0 Å². The van der Waals surface area contributed by atoms with Crippen LogP contribution in [0.5, 0.6) is 0 Å². The predicted octanol–water partition coefficient (Wildman–Crippen LogP) is 14.6. The minimum Gasteiger partial charge on any atom is -0.456 e. The lowest BCUT2D eigenvalue weighted by Gasteiger charge is -2.28. The minimum absolute atomic E-state index is 0.870. The summed E-state index contributed by atoms with van der Waals surface area (Å²) >= 11 is 0. The number of nitrogens with zero attached hydrogens (tertiary/aromatic N) is 1. The van der Waals surface area contributed by atoms with Crippen molar-refractivity contribution in [1.29, 1.82) is 0 Å². The maximum atomic E-state index is 6.55. The molecule has 0 amide bonds. The number of rotatable bonds is 5. The second-order valence-corrected chi connectivity index (χ2v) is 13.7. The highest BCUT2D eigenvalue weighted by atomic mass is 16.3. The smallest absolute Gasteiger partial charge is 0.136 e. The number of fused-ring (bicyclic) bond motifs is 8. The van der Waals surface area contributed by atoms with Crippen molar-refractivity contribution in [1.82, 2.24) is 0 Å². The van der Waals surface area contributed by atoms with Gasteiger partial charge in [-0.05, 0) is 98.9 Å². The molecule has 0 N–H and O–H groups in total. The molecule has 0 fully saturated rings. The molecule has 9 aromatic carbocycles. The molecule has 3 heteroatoms. The Labute approximate surface area is 305 Å². The van der Waals surface area contributed by atoms with Crippen LogP contribution in [0.3, 0.4) is 0 Å². The van der Waals surface area contributed by atoms with Gasteiger partial charge in [0.1, 0.15) is 22.3 Å². The van der Waals surface area contributed by atoms with Gasteiger partial charge in [0.15, 0.2) is 0 Å². The number of anilines is 3. The van der Waals surface area contributed by atoms with Crippen LogP contribution in [0, 0.1) is 0 Å². The Balaban J connectivity index is 1.17. The lowest BCUT2D eigenvalue weighted by Crippen LogP contribution is -2.11. The third kappa shape index (κ3) is 4.75. The Morgan fingerprint density at radius 1 is 0.321 bits per heavy atom.